The SMILES string of the molecule is Cc1ccc(C(C)NCc2ccc(CO)cc2)c(O)c1. The van der Waals surface area contributed by atoms with Crippen molar-refractivity contribution in [3.8, 4) is 5.75 Å². The van der Waals surface area contributed by atoms with Crippen molar-refractivity contribution < 1.29 is 10.2 Å². The normalized spacial score (nSPS) is 12.3. The lowest BCUT2D eigenvalue weighted by Gasteiger charge is -2.16. The quantitative estimate of drug-likeness (QED) is 0.783. The van der Waals surface area contributed by atoms with E-state index in [0.29, 0.717) is 5.75 Å². The van der Waals surface area contributed by atoms with Crippen LogP contribution in [0.5, 0.6) is 5.75 Å². The summed E-state index contributed by atoms with van der Waals surface area (Å²) in [4.78, 5) is 0. The molecule has 0 aliphatic rings. The van der Waals surface area contributed by atoms with Crippen molar-refractivity contribution in [2.75, 3.05) is 0 Å². The van der Waals surface area contributed by atoms with Crippen molar-refractivity contribution >= 4 is 0 Å². The lowest BCUT2D eigenvalue weighted by atomic mass is 10.0. The number of aliphatic hydroxyl groups excluding tert-OH is 1. The first kappa shape index (κ1) is 14.6. The summed E-state index contributed by atoms with van der Waals surface area (Å²) in [5.41, 5.74) is 4.03. The number of rotatable bonds is 5. The van der Waals surface area contributed by atoms with Gasteiger partial charge in [0.15, 0.2) is 0 Å². The first-order valence-corrected chi connectivity index (χ1v) is 6.81. The highest BCUT2D eigenvalue weighted by Crippen LogP contribution is 2.25. The van der Waals surface area contributed by atoms with Gasteiger partial charge in [0.25, 0.3) is 0 Å². The van der Waals surface area contributed by atoms with E-state index in [1.54, 1.807) is 6.07 Å². The molecule has 3 N–H and O–H groups in total. The summed E-state index contributed by atoms with van der Waals surface area (Å²) in [5.74, 6) is 0.334. The standard InChI is InChI=1S/C17H21NO2/c1-12-3-8-16(17(20)9-12)13(2)18-10-14-4-6-15(11-19)7-5-14/h3-9,13,18-20H,10-11H2,1-2H3. The highest BCUT2D eigenvalue weighted by Gasteiger charge is 2.09. The Morgan fingerprint density at radius 1 is 1.05 bits per heavy atom. The molecule has 20 heavy (non-hydrogen) atoms. The van der Waals surface area contributed by atoms with Crippen molar-refractivity contribution in [1.29, 1.82) is 0 Å². The van der Waals surface area contributed by atoms with Crippen LogP contribution in [0.25, 0.3) is 0 Å². The van der Waals surface area contributed by atoms with Crippen LogP contribution < -0.4 is 5.32 Å². The zero-order valence-corrected chi connectivity index (χ0v) is 11.9. The summed E-state index contributed by atoms with van der Waals surface area (Å²) in [5, 5.41) is 22.4. The van der Waals surface area contributed by atoms with Gasteiger partial charge in [-0.05, 0) is 36.6 Å². The fraction of sp³-hybridized carbons (Fsp3) is 0.294. The maximum Gasteiger partial charge on any atom is 0.120 e. The fourth-order valence-electron chi connectivity index (χ4n) is 2.16. The van der Waals surface area contributed by atoms with Crippen LogP contribution in [0.4, 0.5) is 0 Å². The number of aliphatic hydroxyl groups is 1. The van der Waals surface area contributed by atoms with E-state index >= 15 is 0 Å². The Kier molecular flexibility index (Phi) is 4.77. The third-order valence-corrected chi connectivity index (χ3v) is 3.47. The number of hydrogen-bond acceptors (Lipinski definition) is 3. The van der Waals surface area contributed by atoms with E-state index in [1.165, 1.54) is 0 Å². The molecule has 0 saturated carbocycles. The van der Waals surface area contributed by atoms with E-state index in [2.05, 4.69) is 5.32 Å². The zero-order chi connectivity index (χ0) is 14.5. The number of aromatic hydroxyl groups is 1. The minimum absolute atomic E-state index is 0.0708. The van der Waals surface area contributed by atoms with Gasteiger partial charge in [-0.1, -0.05) is 36.4 Å². The van der Waals surface area contributed by atoms with Crippen molar-refractivity contribution in [2.24, 2.45) is 0 Å². The van der Waals surface area contributed by atoms with E-state index in [-0.39, 0.29) is 12.6 Å². The molecule has 0 aromatic heterocycles. The van der Waals surface area contributed by atoms with Crippen LogP contribution >= 0.6 is 0 Å². The summed E-state index contributed by atoms with van der Waals surface area (Å²) in [7, 11) is 0. The highest BCUT2D eigenvalue weighted by atomic mass is 16.3. The molecule has 2 rings (SSSR count). The second kappa shape index (κ2) is 6.55. The average Bonchev–Trinajstić information content (AvgIpc) is 2.45. The Morgan fingerprint density at radius 2 is 1.70 bits per heavy atom. The first-order valence-electron chi connectivity index (χ1n) is 6.81. The first-order chi connectivity index (χ1) is 9.60. The average molecular weight is 271 g/mol. The molecule has 2 aromatic rings. The predicted molar refractivity (Wildman–Crippen MR) is 80.5 cm³/mol. The minimum atomic E-state index is 0.0708. The van der Waals surface area contributed by atoms with Crippen LogP contribution in [-0.2, 0) is 13.2 Å². The molecule has 0 radical (unpaired) electrons. The molecule has 0 heterocycles. The second-order valence-electron chi connectivity index (χ2n) is 5.14. The fourth-order valence-corrected chi connectivity index (χ4v) is 2.16. The van der Waals surface area contributed by atoms with Crippen molar-refractivity contribution in [3.05, 3.63) is 64.7 Å². The molecule has 1 atom stereocenters. The van der Waals surface area contributed by atoms with E-state index in [0.717, 1.165) is 28.8 Å². The Morgan fingerprint density at radius 3 is 2.30 bits per heavy atom. The Hall–Kier alpha value is -1.84. The molecular weight excluding hydrogens is 250 g/mol. The Bertz CT molecular complexity index is 564. The summed E-state index contributed by atoms with van der Waals surface area (Å²) < 4.78 is 0. The summed E-state index contributed by atoms with van der Waals surface area (Å²) in [6.45, 7) is 4.79. The summed E-state index contributed by atoms with van der Waals surface area (Å²) in [6.07, 6.45) is 0. The van der Waals surface area contributed by atoms with Gasteiger partial charge < -0.3 is 15.5 Å². The monoisotopic (exact) mass is 271 g/mol. The van der Waals surface area contributed by atoms with Crippen LogP contribution in [-0.4, -0.2) is 10.2 Å². The van der Waals surface area contributed by atoms with Crippen molar-refractivity contribution in [2.45, 2.75) is 33.0 Å². The molecular formula is C17H21NO2. The van der Waals surface area contributed by atoms with Crippen LogP contribution in [0, 0.1) is 6.92 Å². The number of hydrogen-bond donors (Lipinski definition) is 3. The number of aryl methyl sites for hydroxylation is 1. The molecule has 2 aromatic carbocycles. The summed E-state index contributed by atoms with van der Waals surface area (Å²) >= 11 is 0. The lowest BCUT2D eigenvalue weighted by molar-refractivity contribution is 0.282. The third-order valence-electron chi connectivity index (χ3n) is 3.47. The smallest absolute Gasteiger partial charge is 0.120 e. The number of benzene rings is 2. The minimum Gasteiger partial charge on any atom is -0.508 e. The number of phenols is 1. The van der Waals surface area contributed by atoms with Gasteiger partial charge in [0.2, 0.25) is 0 Å². The summed E-state index contributed by atoms with van der Waals surface area (Å²) in [6, 6.07) is 13.7. The molecule has 1 unspecified atom stereocenters. The van der Waals surface area contributed by atoms with E-state index < -0.39 is 0 Å². The topological polar surface area (TPSA) is 52.5 Å². The van der Waals surface area contributed by atoms with Crippen LogP contribution in [0.15, 0.2) is 42.5 Å². The zero-order valence-electron chi connectivity index (χ0n) is 11.9. The van der Waals surface area contributed by atoms with Gasteiger partial charge >= 0.3 is 0 Å². The van der Waals surface area contributed by atoms with Gasteiger partial charge in [-0.3, -0.25) is 0 Å². The molecule has 0 aliphatic carbocycles. The molecule has 0 saturated heterocycles. The van der Waals surface area contributed by atoms with Crippen LogP contribution in [0.2, 0.25) is 0 Å². The highest BCUT2D eigenvalue weighted by molar-refractivity contribution is 5.37. The molecule has 0 spiro atoms. The molecule has 0 bridgehead atoms. The van der Waals surface area contributed by atoms with Gasteiger partial charge in [0.05, 0.1) is 6.61 Å². The second-order valence-corrected chi connectivity index (χ2v) is 5.14. The van der Waals surface area contributed by atoms with E-state index in [9.17, 15) is 5.11 Å². The lowest BCUT2D eigenvalue weighted by Crippen LogP contribution is -2.18. The van der Waals surface area contributed by atoms with Crippen LogP contribution in [0.1, 0.15) is 35.2 Å². The van der Waals surface area contributed by atoms with Gasteiger partial charge in [0.1, 0.15) is 5.75 Å². The van der Waals surface area contributed by atoms with E-state index in [1.807, 2.05) is 50.2 Å². The largest absolute Gasteiger partial charge is 0.508 e. The van der Waals surface area contributed by atoms with Gasteiger partial charge in [-0.25, -0.2) is 0 Å². The van der Waals surface area contributed by atoms with Gasteiger partial charge in [0, 0.05) is 18.2 Å². The molecule has 3 nitrogen and oxygen atoms in total. The maximum atomic E-state index is 9.96. The van der Waals surface area contributed by atoms with Gasteiger partial charge in [-0.2, -0.15) is 0 Å². The predicted octanol–water partition coefficient (Wildman–Crippen LogP) is 3.04. The molecule has 3 heteroatoms. The Labute approximate surface area is 119 Å². The van der Waals surface area contributed by atoms with Crippen LogP contribution in [0.3, 0.4) is 0 Å². The van der Waals surface area contributed by atoms with Crippen molar-refractivity contribution in [3.63, 3.8) is 0 Å². The van der Waals surface area contributed by atoms with E-state index in [4.69, 9.17) is 5.11 Å². The number of nitrogens with one attached hydrogen (secondary N) is 1. The maximum absolute atomic E-state index is 9.96. The molecule has 0 aliphatic heterocycles. The third kappa shape index (κ3) is 3.59. The number of phenolic OH excluding ortho intramolecular Hbond substituents is 1. The molecule has 0 fully saturated rings. The van der Waals surface area contributed by atoms with Gasteiger partial charge in [-0.15, -0.1) is 0 Å². The Balaban J connectivity index is 1.98. The molecule has 0 amide bonds. The molecule has 106 valence electrons. The van der Waals surface area contributed by atoms with Crippen molar-refractivity contribution in [1.82, 2.24) is 5.32 Å².